The van der Waals surface area contributed by atoms with E-state index in [0.29, 0.717) is 17.1 Å². The molecule has 0 spiro atoms. The Kier molecular flexibility index (Phi) is 3.61. The van der Waals surface area contributed by atoms with E-state index >= 15 is 0 Å². The van der Waals surface area contributed by atoms with Crippen LogP contribution in [0.2, 0.25) is 0 Å². The third-order valence-corrected chi connectivity index (χ3v) is 3.10. The van der Waals surface area contributed by atoms with Crippen LogP contribution in [0.1, 0.15) is 15.9 Å². The molecule has 1 N–H and O–H groups in total. The molecule has 0 fully saturated rings. The molecule has 0 saturated carbocycles. The summed E-state index contributed by atoms with van der Waals surface area (Å²) in [6.45, 7) is 1.64. The second-order valence-electron chi connectivity index (χ2n) is 4.63. The quantitative estimate of drug-likeness (QED) is 0.805. The Balaban J connectivity index is 1.90. The van der Waals surface area contributed by atoms with Crippen LogP contribution >= 0.6 is 0 Å². The highest BCUT2D eigenvalue weighted by Gasteiger charge is 2.12. The number of nitrogens with zero attached hydrogens (tertiary/aromatic N) is 4. The molecular formula is C15H12FN5O. The average Bonchev–Trinajstić information content (AvgIpc) is 3.04. The molecule has 3 rings (SSSR count). The Morgan fingerprint density at radius 3 is 2.91 bits per heavy atom. The molecule has 110 valence electrons. The van der Waals surface area contributed by atoms with Gasteiger partial charge >= 0.3 is 0 Å². The molecule has 0 bridgehead atoms. The van der Waals surface area contributed by atoms with Gasteiger partial charge in [0.15, 0.2) is 5.82 Å². The number of anilines is 1. The van der Waals surface area contributed by atoms with Crippen LogP contribution in [0.5, 0.6) is 0 Å². The summed E-state index contributed by atoms with van der Waals surface area (Å²) in [4.78, 5) is 20.3. The lowest BCUT2D eigenvalue weighted by atomic mass is 10.1. The molecule has 0 aliphatic heterocycles. The number of hydrogen-bond donors (Lipinski definition) is 1. The predicted molar refractivity (Wildman–Crippen MR) is 78.2 cm³/mol. The van der Waals surface area contributed by atoms with Crippen molar-refractivity contribution in [2.75, 3.05) is 5.32 Å². The number of amides is 1. The number of halogens is 1. The van der Waals surface area contributed by atoms with Crippen molar-refractivity contribution in [3.05, 3.63) is 66.1 Å². The summed E-state index contributed by atoms with van der Waals surface area (Å²) >= 11 is 0. The van der Waals surface area contributed by atoms with Crippen molar-refractivity contribution >= 4 is 11.6 Å². The van der Waals surface area contributed by atoms with Gasteiger partial charge in [-0.1, -0.05) is 6.07 Å². The fourth-order valence-electron chi connectivity index (χ4n) is 1.92. The fraction of sp³-hybridized carbons (Fsp3) is 0.0667. The number of carbonyl (C=O) groups excluding carboxylic acids is 1. The number of nitrogens with one attached hydrogen (secondary N) is 1. The first-order valence-electron chi connectivity index (χ1n) is 6.52. The van der Waals surface area contributed by atoms with Crippen LogP contribution in [0.3, 0.4) is 0 Å². The Morgan fingerprint density at radius 2 is 2.18 bits per heavy atom. The van der Waals surface area contributed by atoms with Crippen molar-refractivity contribution in [3.8, 4) is 5.82 Å². The van der Waals surface area contributed by atoms with E-state index in [2.05, 4.69) is 20.4 Å². The molecule has 6 nitrogen and oxygen atoms in total. The molecule has 2 heterocycles. The number of hydrogen-bond acceptors (Lipinski definition) is 4. The third-order valence-electron chi connectivity index (χ3n) is 3.10. The van der Waals surface area contributed by atoms with Gasteiger partial charge in [-0.05, 0) is 36.8 Å². The normalized spacial score (nSPS) is 10.5. The molecule has 0 atom stereocenters. The van der Waals surface area contributed by atoms with Crippen molar-refractivity contribution in [1.29, 1.82) is 0 Å². The van der Waals surface area contributed by atoms with E-state index in [9.17, 15) is 9.18 Å². The zero-order chi connectivity index (χ0) is 15.5. The van der Waals surface area contributed by atoms with Gasteiger partial charge in [0.1, 0.15) is 18.5 Å². The van der Waals surface area contributed by atoms with Crippen LogP contribution in [0.15, 0.2) is 49.2 Å². The minimum atomic E-state index is -0.423. The summed E-state index contributed by atoms with van der Waals surface area (Å²) in [5.41, 5.74) is 1.18. The average molecular weight is 297 g/mol. The Morgan fingerprint density at radius 1 is 1.32 bits per heavy atom. The molecule has 0 aliphatic rings. The Hall–Kier alpha value is -3.09. The number of benzene rings is 1. The molecular weight excluding hydrogens is 285 g/mol. The summed E-state index contributed by atoms with van der Waals surface area (Å²) in [5, 5.41) is 6.69. The molecule has 3 aromatic rings. The topological polar surface area (TPSA) is 72.7 Å². The molecule has 7 heteroatoms. The smallest absolute Gasteiger partial charge is 0.255 e. The van der Waals surface area contributed by atoms with Crippen molar-refractivity contribution in [2.45, 2.75) is 6.92 Å². The van der Waals surface area contributed by atoms with Gasteiger partial charge in [0, 0.05) is 11.8 Å². The molecule has 0 unspecified atom stereocenters. The van der Waals surface area contributed by atoms with Crippen LogP contribution in [0.4, 0.5) is 10.1 Å². The molecule has 0 aliphatic carbocycles. The van der Waals surface area contributed by atoms with E-state index in [-0.39, 0.29) is 5.56 Å². The van der Waals surface area contributed by atoms with Gasteiger partial charge in [-0.3, -0.25) is 4.79 Å². The molecule has 2 aromatic heterocycles. The zero-order valence-electron chi connectivity index (χ0n) is 11.7. The second-order valence-corrected chi connectivity index (χ2v) is 4.63. The first-order valence-corrected chi connectivity index (χ1v) is 6.52. The van der Waals surface area contributed by atoms with Gasteiger partial charge < -0.3 is 5.32 Å². The standard InChI is InChI=1S/C15H12FN5O/c1-10-4-5-11(7-12(10)16)15(22)20-13-3-2-6-18-14(13)21-9-17-8-19-21/h2-9H,1H3,(H,20,22). The number of aryl methyl sites for hydroxylation is 1. The fourth-order valence-corrected chi connectivity index (χ4v) is 1.92. The van der Waals surface area contributed by atoms with E-state index in [1.165, 1.54) is 23.4 Å². The molecule has 0 radical (unpaired) electrons. The molecule has 0 saturated heterocycles. The highest BCUT2D eigenvalue weighted by atomic mass is 19.1. The molecule has 1 amide bonds. The lowest BCUT2D eigenvalue weighted by Gasteiger charge is -2.10. The van der Waals surface area contributed by atoms with Gasteiger partial charge in [0.05, 0.1) is 5.69 Å². The van der Waals surface area contributed by atoms with Crippen molar-refractivity contribution in [1.82, 2.24) is 19.7 Å². The first kappa shape index (κ1) is 13.9. The Bertz CT molecular complexity index is 817. The number of rotatable bonds is 3. The number of carbonyl (C=O) groups is 1. The first-order chi connectivity index (χ1) is 10.6. The maximum atomic E-state index is 13.6. The lowest BCUT2D eigenvalue weighted by molar-refractivity contribution is 0.102. The number of aromatic nitrogens is 4. The van der Waals surface area contributed by atoms with Crippen LogP contribution in [-0.2, 0) is 0 Å². The predicted octanol–water partition coefficient (Wildman–Crippen LogP) is 2.36. The van der Waals surface area contributed by atoms with E-state index < -0.39 is 11.7 Å². The maximum Gasteiger partial charge on any atom is 0.255 e. The van der Waals surface area contributed by atoms with E-state index in [0.717, 1.165) is 0 Å². The van der Waals surface area contributed by atoms with Gasteiger partial charge in [0.2, 0.25) is 0 Å². The SMILES string of the molecule is Cc1ccc(C(=O)Nc2cccnc2-n2cncn2)cc1F. The van der Waals surface area contributed by atoms with Crippen molar-refractivity contribution in [2.24, 2.45) is 0 Å². The minimum absolute atomic E-state index is 0.233. The summed E-state index contributed by atoms with van der Waals surface area (Å²) in [5.74, 6) is -0.412. The van der Waals surface area contributed by atoms with Crippen molar-refractivity contribution in [3.63, 3.8) is 0 Å². The number of pyridine rings is 1. The van der Waals surface area contributed by atoms with E-state index in [4.69, 9.17) is 0 Å². The summed E-state index contributed by atoms with van der Waals surface area (Å²) in [6, 6.07) is 7.71. The minimum Gasteiger partial charge on any atom is -0.319 e. The summed E-state index contributed by atoms with van der Waals surface area (Å²) in [7, 11) is 0. The molecule has 22 heavy (non-hydrogen) atoms. The van der Waals surface area contributed by atoms with Crippen LogP contribution in [-0.4, -0.2) is 25.7 Å². The largest absolute Gasteiger partial charge is 0.319 e. The second kappa shape index (κ2) is 5.72. The van der Waals surface area contributed by atoms with E-state index in [1.807, 2.05) is 0 Å². The van der Waals surface area contributed by atoms with Gasteiger partial charge in [-0.2, -0.15) is 5.10 Å². The van der Waals surface area contributed by atoms with Gasteiger partial charge in [-0.15, -0.1) is 0 Å². The highest BCUT2D eigenvalue weighted by molar-refractivity contribution is 6.05. The highest BCUT2D eigenvalue weighted by Crippen LogP contribution is 2.17. The summed E-state index contributed by atoms with van der Waals surface area (Å²) in [6.07, 6.45) is 4.43. The van der Waals surface area contributed by atoms with Crippen LogP contribution < -0.4 is 5.32 Å². The van der Waals surface area contributed by atoms with Crippen LogP contribution in [0.25, 0.3) is 5.82 Å². The lowest BCUT2D eigenvalue weighted by Crippen LogP contribution is -2.15. The zero-order valence-corrected chi connectivity index (χ0v) is 11.7. The maximum absolute atomic E-state index is 13.6. The third kappa shape index (κ3) is 2.69. The van der Waals surface area contributed by atoms with Crippen LogP contribution in [0, 0.1) is 12.7 Å². The van der Waals surface area contributed by atoms with E-state index in [1.54, 1.807) is 37.4 Å². The summed E-state index contributed by atoms with van der Waals surface area (Å²) < 4.78 is 15.0. The monoisotopic (exact) mass is 297 g/mol. The van der Waals surface area contributed by atoms with Gasteiger partial charge in [0.25, 0.3) is 5.91 Å². The Labute approximate surface area is 125 Å². The van der Waals surface area contributed by atoms with Gasteiger partial charge in [-0.25, -0.2) is 19.0 Å². The molecule has 1 aromatic carbocycles. The van der Waals surface area contributed by atoms with Crippen molar-refractivity contribution < 1.29 is 9.18 Å².